The van der Waals surface area contributed by atoms with E-state index < -0.39 is 0 Å². The summed E-state index contributed by atoms with van der Waals surface area (Å²) in [4.78, 5) is 11.7. The Bertz CT molecular complexity index is 196. The van der Waals surface area contributed by atoms with E-state index in [1.165, 1.54) is 0 Å². The van der Waals surface area contributed by atoms with Crippen molar-refractivity contribution in [1.82, 2.24) is 5.32 Å². The van der Waals surface area contributed by atoms with Gasteiger partial charge in [-0.25, -0.2) is 0 Å². The van der Waals surface area contributed by atoms with E-state index in [0.29, 0.717) is 13.2 Å². The van der Waals surface area contributed by atoms with E-state index in [2.05, 4.69) is 5.32 Å². The van der Waals surface area contributed by atoms with Crippen LogP contribution in [-0.4, -0.2) is 38.4 Å². The van der Waals surface area contributed by atoms with Gasteiger partial charge < -0.3 is 14.8 Å². The number of hydrogen-bond acceptors (Lipinski definition) is 3. The van der Waals surface area contributed by atoms with Crippen molar-refractivity contribution >= 4 is 5.91 Å². The molecule has 0 aliphatic carbocycles. The Morgan fingerprint density at radius 1 is 1.14 bits per heavy atom. The molecule has 2 heterocycles. The van der Waals surface area contributed by atoms with Crippen molar-refractivity contribution in [3.63, 3.8) is 0 Å². The maximum atomic E-state index is 11.7. The number of rotatable bonds is 2. The second-order valence-corrected chi connectivity index (χ2v) is 3.98. The topological polar surface area (TPSA) is 47.6 Å². The van der Waals surface area contributed by atoms with Gasteiger partial charge in [-0.1, -0.05) is 0 Å². The molecule has 2 saturated heterocycles. The summed E-state index contributed by atoms with van der Waals surface area (Å²) in [5.41, 5.74) is 0. The van der Waals surface area contributed by atoms with Crippen LogP contribution in [0.25, 0.3) is 0 Å². The highest BCUT2D eigenvalue weighted by atomic mass is 16.5. The lowest BCUT2D eigenvalue weighted by Crippen LogP contribution is -2.41. The number of ether oxygens (including phenoxy) is 2. The highest BCUT2D eigenvalue weighted by Crippen LogP contribution is 2.14. The van der Waals surface area contributed by atoms with Crippen molar-refractivity contribution in [1.29, 1.82) is 0 Å². The summed E-state index contributed by atoms with van der Waals surface area (Å²) in [6.07, 6.45) is 2.90. The van der Waals surface area contributed by atoms with Crippen molar-refractivity contribution in [3.8, 4) is 0 Å². The Labute approximate surface area is 84.0 Å². The van der Waals surface area contributed by atoms with E-state index >= 15 is 0 Å². The van der Waals surface area contributed by atoms with Crippen LogP contribution in [0.1, 0.15) is 19.3 Å². The maximum Gasteiger partial charge on any atom is 0.225 e. The van der Waals surface area contributed by atoms with Gasteiger partial charge in [0.1, 0.15) is 0 Å². The fraction of sp³-hybridized carbons (Fsp3) is 0.900. The zero-order valence-electron chi connectivity index (χ0n) is 8.33. The van der Waals surface area contributed by atoms with Crippen molar-refractivity contribution in [2.45, 2.75) is 25.3 Å². The van der Waals surface area contributed by atoms with Gasteiger partial charge in [0.25, 0.3) is 0 Å². The van der Waals surface area contributed by atoms with Gasteiger partial charge in [-0.05, 0) is 19.3 Å². The predicted molar refractivity (Wildman–Crippen MR) is 50.9 cm³/mol. The normalized spacial score (nSPS) is 32.9. The summed E-state index contributed by atoms with van der Waals surface area (Å²) in [5.74, 6) is 0.199. The highest BCUT2D eigenvalue weighted by molar-refractivity contribution is 5.79. The first-order chi connectivity index (χ1) is 6.86. The first-order valence-corrected chi connectivity index (χ1v) is 5.32. The molecule has 0 radical (unpaired) electrons. The number of carbonyl (C=O) groups is 1. The van der Waals surface area contributed by atoms with Crippen LogP contribution >= 0.6 is 0 Å². The van der Waals surface area contributed by atoms with Crippen molar-refractivity contribution in [2.24, 2.45) is 5.92 Å². The smallest absolute Gasteiger partial charge is 0.225 e. The summed E-state index contributed by atoms with van der Waals surface area (Å²) in [7, 11) is 0. The number of nitrogens with one attached hydrogen (secondary N) is 1. The van der Waals surface area contributed by atoms with Gasteiger partial charge in [-0.2, -0.15) is 0 Å². The molecule has 0 aromatic rings. The molecule has 0 aromatic heterocycles. The second kappa shape index (κ2) is 4.75. The molecule has 4 heteroatoms. The van der Waals surface area contributed by atoms with E-state index in [9.17, 15) is 4.79 Å². The van der Waals surface area contributed by atoms with Gasteiger partial charge in [0, 0.05) is 13.2 Å². The molecule has 2 atom stereocenters. The molecular formula is C10H17NO3. The van der Waals surface area contributed by atoms with E-state index in [-0.39, 0.29) is 17.9 Å². The fourth-order valence-corrected chi connectivity index (χ4v) is 1.91. The molecule has 2 rings (SSSR count). The molecule has 0 aromatic carbocycles. The van der Waals surface area contributed by atoms with E-state index in [1.807, 2.05) is 0 Å². The fourth-order valence-electron chi connectivity index (χ4n) is 1.91. The summed E-state index contributed by atoms with van der Waals surface area (Å²) in [6.45, 7) is 2.82. The molecule has 1 amide bonds. The lowest BCUT2D eigenvalue weighted by molar-refractivity contribution is -0.129. The Morgan fingerprint density at radius 3 is 2.64 bits per heavy atom. The molecule has 0 spiro atoms. The molecule has 2 unspecified atom stereocenters. The molecule has 80 valence electrons. The first kappa shape index (κ1) is 9.93. The van der Waals surface area contributed by atoms with E-state index in [1.54, 1.807) is 0 Å². The molecule has 1 N–H and O–H groups in total. The minimum absolute atomic E-state index is 0.0596. The van der Waals surface area contributed by atoms with Crippen LogP contribution in [0.4, 0.5) is 0 Å². The zero-order chi connectivity index (χ0) is 9.80. The van der Waals surface area contributed by atoms with Gasteiger partial charge in [-0.3, -0.25) is 4.79 Å². The molecule has 2 aliphatic rings. The van der Waals surface area contributed by atoms with Crippen molar-refractivity contribution in [3.05, 3.63) is 0 Å². The Hall–Kier alpha value is -0.610. The van der Waals surface area contributed by atoms with Gasteiger partial charge in [0.15, 0.2) is 0 Å². The monoisotopic (exact) mass is 199 g/mol. The molecule has 4 nitrogen and oxygen atoms in total. The Kier molecular flexibility index (Phi) is 3.37. The average molecular weight is 199 g/mol. The van der Waals surface area contributed by atoms with Crippen LogP contribution in [0.3, 0.4) is 0 Å². The molecule has 0 saturated carbocycles. The van der Waals surface area contributed by atoms with Crippen LogP contribution in [0.5, 0.6) is 0 Å². The van der Waals surface area contributed by atoms with E-state index in [0.717, 1.165) is 32.5 Å². The first-order valence-electron chi connectivity index (χ1n) is 5.32. The number of carbonyl (C=O) groups excluding carboxylic acids is 1. The van der Waals surface area contributed by atoms with Crippen LogP contribution in [-0.2, 0) is 14.3 Å². The zero-order valence-corrected chi connectivity index (χ0v) is 8.33. The Morgan fingerprint density at radius 2 is 2.00 bits per heavy atom. The lowest BCUT2D eigenvalue weighted by Gasteiger charge is -2.22. The molecule has 2 fully saturated rings. The third-order valence-corrected chi connectivity index (χ3v) is 2.81. The second-order valence-electron chi connectivity index (χ2n) is 3.98. The van der Waals surface area contributed by atoms with Gasteiger partial charge in [-0.15, -0.1) is 0 Å². The summed E-state index contributed by atoms with van der Waals surface area (Å²) < 4.78 is 10.5. The highest BCUT2D eigenvalue weighted by Gasteiger charge is 2.25. The summed E-state index contributed by atoms with van der Waals surface area (Å²) in [6, 6.07) is 0.226. The standard InChI is InChI=1S/C10H17NO3/c12-10(8-2-1-4-13-6-8)11-9-3-5-14-7-9/h8-9H,1-7H2,(H,11,12). The molecule has 0 bridgehead atoms. The number of amides is 1. The van der Waals surface area contributed by atoms with Crippen LogP contribution in [0.15, 0.2) is 0 Å². The predicted octanol–water partition coefficient (Wildman–Crippen LogP) is 0.318. The van der Waals surface area contributed by atoms with Crippen molar-refractivity contribution < 1.29 is 14.3 Å². The van der Waals surface area contributed by atoms with Crippen molar-refractivity contribution in [2.75, 3.05) is 26.4 Å². The van der Waals surface area contributed by atoms with Gasteiger partial charge >= 0.3 is 0 Å². The SMILES string of the molecule is O=C(NC1CCOC1)C1CCCOC1. The van der Waals surface area contributed by atoms with Crippen LogP contribution in [0, 0.1) is 5.92 Å². The Balaban J connectivity index is 1.75. The molecular weight excluding hydrogens is 182 g/mol. The lowest BCUT2D eigenvalue weighted by atomic mass is 10.0. The summed E-state index contributed by atoms with van der Waals surface area (Å²) >= 11 is 0. The van der Waals surface area contributed by atoms with Gasteiger partial charge in [0.05, 0.1) is 25.2 Å². The minimum Gasteiger partial charge on any atom is -0.381 e. The van der Waals surface area contributed by atoms with Crippen LogP contribution in [0.2, 0.25) is 0 Å². The maximum absolute atomic E-state index is 11.7. The number of hydrogen-bond donors (Lipinski definition) is 1. The van der Waals surface area contributed by atoms with Crippen LogP contribution < -0.4 is 5.32 Å². The average Bonchev–Trinajstić information content (AvgIpc) is 2.72. The third-order valence-electron chi connectivity index (χ3n) is 2.81. The van der Waals surface area contributed by atoms with Gasteiger partial charge in [0.2, 0.25) is 5.91 Å². The summed E-state index contributed by atoms with van der Waals surface area (Å²) in [5, 5.41) is 3.00. The minimum atomic E-state index is 0.0596. The third kappa shape index (κ3) is 2.45. The molecule has 2 aliphatic heterocycles. The largest absolute Gasteiger partial charge is 0.381 e. The quantitative estimate of drug-likeness (QED) is 0.696. The molecule has 14 heavy (non-hydrogen) atoms. The van der Waals surface area contributed by atoms with E-state index in [4.69, 9.17) is 9.47 Å².